The molecule has 0 amide bonds. The Morgan fingerprint density at radius 2 is 2.21 bits per heavy atom. The smallest absolute Gasteiger partial charge is 0.374 e. The molecule has 3 atom stereocenters. The summed E-state index contributed by atoms with van der Waals surface area (Å²) in [5, 5.41) is 3.12. The summed E-state index contributed by atoms with van der Waals surface area (Å²) in [5.41, 5.74) is 0. The Labute approximate surface area is 112 Å². The van der Waals surface area contributed by atoms with Gasteiger partial charge in [0.25, 0.3) is 0 Å². The van der Waals surface area contributed by atoms with Crippen LogP contribution in [0.1, 0.15) is 32.1 Å². The maximum Gasteiger partial charge on any atom is 0.389 e. The maximum absolute atomic E-state index is 12.2. The van der Waals surface area contributed by atoms with E-state index in [0.717, 1.165) is 19.7 Å². The SMILES string of the molecule is CNC(CCCC(F)(F)F)C1CN2CCCC2CO1. The van der Waals surface area contributed by atoms with Gasteiger partial charge in [-0.25, -0.2) is 0 Å². The average Bonchev–Trinajstić information content (AvgIpc) is 2.80. The van der Waals surface area contributed by atoms with Gasteiger partial charge < -0.3 is 10.1 Å². The number of fused-ring (bicyclic) bond motifs is 1. The molecule has 0 spiro atoms. The molecule has 2 saturated heterocycles. The lowest BCUT2D eigenvalue weighted by Crippen LogP contribution is -2.53. The Bertz CT molecular complexity index is 286. The Kier molecular flexibility index (Phi) is 5.09. The molecule has 3 nitrogen and oxygen atoms in total. The van der Waals surface area contributed by atoms with Crippen molar-refractivity contribution in [3.05, 3.63) is 0 Å². The largest absolute Gasteiger partial charge is 0.389 e. The molecule has 2 aliphatic rings. The number of hydrogen-bond acceptors (Lipinski definition) is 3. The van der Waals surface area contributed by atoms with Crippen molar-refractivity contribution in [3.8, 4) is 0 Å². The van der Waals surface area contributed by atoms with Crippen LogP contribution in [0.2, 0.25) is 0 Å². The minimum atomic E-state index is -4.05. The van der Waals surface area contributed by atoms with E-state index in [1.807, 2.05) is 0 Å². The van der Waals surface area contributed by atoms with Crippen LogP contribution in [-0.2, 0) is 4.74 Å². The molecule has 0 radical (unpaired) electrons. The fourth-order valence-corrected chi connectivity index (χ4v) is 3.12. The molecule has 0 aromatic rings. The van der Waals surface area contributed by atoms with Gasteiger partial charge in [-0.3, -0.25) is 4.90 Å². The van der Waals surface area contributed by atoms with Crippen LogP contribution >= 0.6 is 0 Å². The highest BCUT2D eigenvalue weighted by Gasteiger charge is 2.35. The van der Waals surface area contributed by atoms with Gasteiger partial charge in [-0.1, -0.05) is 0 Å². The van der Waals surface area contributed by atoms with Crippen molar-refractivity contribution in [3.63, 3.8) is 0 Å². The van der Waals surface area contributed by atoms with Crippen LogP contribution in [0, 0.1) is 0 Å². The van der Waals surface area contributed by atoms with Crippen molar-refractivity contribution in [1.29, 1.82) is 0 Å². The van der Waals surface area contributed by atoms with Crippen LogP contribution < -0.4 is 5.32 Å². The lowest BCUT2D eigenvalue weighted by molar-refractivity contribution is -0.136. The molecule has 19 heavy (non-hydrogen) atoms. The Hall–Kier alpha value is -0.330. The number of halogens is 3. The third-order valence-corrected chi connectivity index (χ3v) is 4.21. The first-order chi connectivity index (χ1) is 8.99. The standard InChI is InChI=1S/C13H23F3N2O/c1-17-11(5-2-6-13(14,15)16)12-8-18-7-3-4-10(18)9-19-12/h10-12,17H,2-9H2,1H3. The molecule has 6 heteroatoms. The Balaban J connectivity index is 1.77. The molecule has 2 rings (SSSR count). The number of hydrogen-bond donors (Lipinski definition) is 1. The van der Waals surface area contributed by atoms with E-state index < -0.39 is 12.6 Å². The molecule has 0 aromatic heterocycles. The van der Waals surface area contributed by atoms with Gasteiger partial charge in [0.15, 0.2) is 0 Å². The first-order valence-electron chi connectivity index (χ1n) is 7.09. The molecule has 0 saturated carbocycles. The zero-order valence-corrected chi connectivity index (χ0v) is 11.4. The van der Waals surface area contributed by atoms with Crippen LogP contribution in [0.3, 0.4) is 0 Å². The highest BCUT2D eigenvalue weighted by molar-refractivity contribution is 4.89. The molecule has 112 valence electrons. The second kappa shape index (κ2) is 6.41. The van der Waals surface area contributed by atoms with Gasteiger partial charge in [0, 0.05) is 25.0 Å². The van der Waals surface area contributed by atoms with Gasteiger partial charge >= 0.3 is 6.18 Å². The van der Waals surface area contributed by atoms with Crippen molar-refractivity contribution >= 4 is 0 Å². The average molecular weight is 280 g/mol. The van der Waals surface area contributed by atoms with Crippen LogP contribution in [0.4, 0.5) is 13.2 Å². The third kappa shape index (κ3) is 4.33. The summed E-state index contributed by atoms with van der Waals surface area (Å²) in [6.45, 7) is 2.67. The van der Waals surface area contributed by atoms with Gasteiger partial charge in [-0.2, -0.15) is 13.2 Å². The molecule has 3 unspecified atom stereocenters. The predicted molar refractivity (Wildman–Crippen MR) is 67.1 cm³/mol. The topological polar surface area (TPSA) is 24.5 Å². The molecule has 2 fully saturated rings. The van der Waals surface area contributed by atoms with Crippen LogP contribution in [0.5, 0.6) is 0 Å². The highest BCUT2D eigenvalue weighted by atomic mass is 19.4. The van der Waals surface area contributed by atoms with Gasteiger partial charge in [-0.15, -0.1) is 0 Å². The molecule has 1 N–H and O–H groups in total. The fourth-order valence-electron chi connectivity index (χ4n) is 3.12. The lowest BCUT2D eigenvalue weighted by Gasteiger charge is -2.38. The van der Waals surface area contributed by atoms with E-state index in [2.05, 4.69) is 10.2 Å². The molecule has 0 bridgehead atoms. The maximum atomic E-state index is 12.2. The van der Waals surface area contributed by atoms with E-state index in [4.69, 9.17) is 4.74 Å². The number of ether oxygens (including phenoxy) is 1. The van der Waals surface area contributed by atoms with E-state index in [9.17, 15) is 13.2 Å². The Morgan fingerprint density at radius 1 is 1.42 bits per heavy atom. The van der Waals surface area contributed by atoms with Crippen LogP contribution in [0.25, 0.3) is 0 Å². The summed E-state index contributed by atoms with van der Waals surface area (Å²) in [4.78, 5) is 2.42. The van der Waals surface area contributed by atoms with Gasteiger partial charge in [-0.05, 0) is 39.3 Å². The van der Waals surface area contributed by atoms with E-state index in [-0.39, 0.29) is 18.6 Å². The second-order valence-corrected chi connectivity index (χ2v) is 5.57. The van der Waals surface area contributed by atoms with Gasteiger partial charge in [0.2, 0.25) is 0 Å². The monoisotopic (exact) mass is 280 g/mol. The van der Waals surface area contributed by atoms with Crippen molar-refractivity contribution in [2.45, 2.75) is 56.5 Å². The summed E-state index contributed by atoms with van der Waals surface area (Å²) in [5.74, 6) is 0. The van der Waals surface area contributed by atoms with E-state index in [1.54, 1.807) is 7.05 Å². The molecule has 0 aliphatic carbocycles. The molecular weight excluding hydrogens is 257 g/mol. The quantitative estimate of drug-likeness (QED) is 0.835. The van der Waals surface area contributed by atoms with Crippen molar-refractivity contribution in [2.24, 2.45) is 0 Å². The van der Waals surface area contributed by atoms with Crippen molar-refractivity contribution < 1.29 is 17.9 Å². The minimum absolute atomic E-state index is 0.0175. The summed E-state index contributed by atoms with van der Waals surface area (Å²) in [6, 6.07) is 0.549. The molecular formula is C13H23F3N2O. The lowest BCUT2D eigenvalue weighted by atomic mass is 10.0. The van der Waals surface area contributed by atoms with Gasteiger partial charge in [0.05, 0.1) is 12.7 Å². The zero-order valence-electron chi connectivity index (χ0n) is 11.4. The molecule has 2 aliphatic heterocycles. The van der Waals surface area contributed by atoms with E-state index in [1.165, 1.54) is 12.8 Å². The first kappa shape index (κ1) is 15.1. The number of likely N-dealkylation sites (N-methyl/N-ethyl adjacent to an activating group) is 1. The second-order valence-electron chi connectivity index (χ2n) is 5.57. The van der Waals surface area contributed by atoms with Crippen molar-refractivity contribution in [1.82, 2.24) is 10.2 Å². The molecule has 0 aromatic carbocycles. The first-order valence-corrected chi connectivity index (χ1v) is 7.09. The fraction of sp³-hybridized carbons (Fsp3) is 1.00. The summed E-state index contributed by atoms with van der Waals surface area (Å²) in [7, 11) is 1.80. The number of nitrogens with zero attached hydrogens (tertiary/aromatic N) is 1. The van der Waals surface area contributed by atoms with Crippen LogP contribution in [-0.4, -0.2) is 56.0 Å². The zero-order chi connectivity index (χ0) is 13.9. The third-order valence-electron chi connectivity index (χ3n) is 4.21. The number of rotatable bonds is 5. The van der Waals surface area contributed by atoms with Gasteiger partial charge in [0.1, 0.15) is 0 Å². The Morgan fingerprint density at radius 3 is 2.89 bits per heavy atom. The highest BCUT2D eigenvalue weighted by Crippen LogP contribution is 2.26. The minimum Gasteiger partial charge on any atom is -0.374 e. The number of nitrogens with one attached hydrogen (secondary N) is 1. The summed E-state index contributed by atoms with van der Waals surface area (Å²) >= 11 is 0. The molecule has 2 heterocycles. The van der Waals surface area contributed by atoms with E-state index in [0.29, 0.717) is 12.5 Å². The van der Waals surface area contributed by atoms with Crippen LogP contribution in [0.15, 0.2) is 0 Å². The van der Waals surface area contributed by atoms with Crippen molar-refractivity contribution in [2.75, 3.05) is 26.7 Å². The number of alkyl halides is 3. The number of morpholine rings is 1. The summed E-state index contributed by atoms with van der Waals surface area (Å²) in [6.07, 6.45) is -1.66. The van der Waals surface area contributed by atoms with E-state index >= 15 is 0 Å². The predicted octanol–water partition coefficient (Wildman–Crippen LogP) is 2.17. The summed E-state index contributed by atoms with van der Waals surface area (Å²) < 4.78 is 42.3. The normalized spacial score (nSPS) is 30.3.